The van der Waals surface area contributed by atoms with Crippen molar-refractivity contribution in [1.29, 1.82) is 0 Å². The van der Waals surface area contributed by atoms with Gasteiger partial charge in [0.15, 0.2) is 0 Å². The normalized spacial score (nSPS) is 10.7. The summed E-state index contributed by atoms with van der Waals surface area (Å²) in [5.74, 6) is -0.851. The third-order valence-electron chi connectivity index (χ3n) is 3.63. The number of anilines is 1. The van der Waals surface area contributed by atoms with E-state index < -0.39 is 5.97 Å². The molecule has 0 aliphatic carbocycles. The minimum Gasteiger partial charge on any atom is -0.462 e. The topological polar surface area (TPSA) is 79.0 Å². The molecular formula is C18H23N3O4S2. The summed E-state index contributed by atoms with van der Waals surface area (Å²) in [6.07, 6.45) is 0. The van der Waals surface area contributed by atoms with Gasteiger partial charge in [0.2, 0.25) is 11.8 Å². The Bertz CT molecular complexity index is 800. The van der Waals surface area contributed by atoms with Crippen molar-refractivity contribution in [2.45, 2.75) is 6.92 Å². The fourth-order valence-corrected chi connectivity index (χ4v) is 4.10. The highest BCUT2D eigenvalue weighted by atomic mass is 32.1. The molecule has 7 nitrogen and oxygen atoms in total. The molecule has 27 heavy (non-hydrogen) atoms. The van der Waals surface area contributed by atoms with Gasteiger partial charge in [-0.3, -0.25) is 14.5 Å². The number of nitrogens with one attached hydrogen (secondary N) is 1. The molecule has 2 heterocycles. The zero-order chi connectivity index (χ0) is 20.0. The molecule has 2 rings (SSSR count). The van der Waals surface area contributed by atoms with Crippen LogP contribution >= 0.6 is 22.7 Å². The van der Waals surface area contributed by atoms with E-state index in [1.54, 1.807) is 33.0 Å². The quantitative estimate of drug-likeness (QED) is 0.678. The first-order chi connectivity index (χ1) is 12.8. The van der Waals surface area contributed by atoms with E-state index >= 15 is 0 Å². The van der Waals surface area contributed by atoms with Crippen LogP contribution in [0.2, 0.25) is 0 Å². The number of thiophene rings is 2. The Hall–Kier alpha value is -2.23. The van der Waals surface area contributed by atoms with Crippen molar-refractivity contribution in [1.82, 2.24) is 9.80 Å². The number of rotatable bonds is 8. The summed E-state index contributed by atoms with van der Waals surface area (Å²) in [5, 5.41) is 7.00. The molecule has 0 saturated heterocycles. The fourth-order valence-electron chi connectivity index (χ4n) is 2.31. The zero-order valence-corrected chi connectivity index (χ0v) is 17.4. The van der Waals surface area contributed by atoms with Crippen molar-refractivity contribution in [2.75, 3.05) is 46.2 Å². The number of likely N-dealkylation sites (N-methyl/N-ethyl adjacent to an activating group) is 2. The number of amides is 2. The van der Waals surface area contributed by atoms with Gasteiger partial charge in [0, 0.05) is 29.9 Å². The van der Waals surface area contributed by atoms with Gasteiger partial charge in [0.1, 0.15) is 10.6 Å². The van der Waals surface area contributed by atoms with Crippen LogP contribution in [0, 0.1) is 0 Å². The average Bonchev–Trinajstić information content (AvgIpc) is 3.23. The number of carbonyl (C=O) groups excluding carboxylic acids is 3. The molecule has 2 amide bonds. The highest BCUT2D eigenvalue weighted by Crippen LogP contribution is 2.38. The van der Waals surface area contributed by atoms with Crippen molar-refractivity contribution in [3.63, 3.8) is 0 Å². The number of esters is 1. The summed E-state index contributed by atoms with van der Waals surface area (Å²) >= 11 is 2.80. The summed E-state index contributed by atoms with van der Waals surface area (Å²) in [6.45, 7) is 2.16. The zero-order valence-electron chi connectivity index (χ0n) is 15.8. The molecule has 1 N–H and O–H groups in total. The van der Waals surface area contributed by atoms with Gasteiger partial charge in [-0.25, -0.2) is 4.79 Å². The first-order valence-corrected chi connectivity index (χ1v) is 10.1. The molecule has 146 valence electrons. The second-order valence-corrected chi connectivity index (χ2v) is 7.89. The van der Waals surface area contributed by atoms with Crippen molar-refractivity contribution < 1.29 is 19.1 Å². The van der Waals surface area contributed by atoms with Crippen LogP contribution in [0.3, 0.4) is 0 Å². The third-order valence-corrected chi connectivity index (χ3v) is 5.43. The van der Waals surface area contributed by atoms with Crippen LogP contribution < -0.4 is 5.32 Å². The molecule has 0 fully saturated rings. The highest BCUT2D eigenvalue weighted by molar-refractivity contribution is 7.17. The van der Waals surface area contributed by atoms with Gasteiger partial charge in [-0.1, -0.05) is 6.07 Å². The summed E-state index contributed by atoms with van der Waals surface area (Å²) in [6, 6.07) is 3.82. The SMILES string of the molecule is CCOC(=O)c1c(-c2cccs2)csc1NC(=O)CN(C)CC(=O)N(C)C. The summed E-state index contributed by atoms with van der Waals surface area (Å²) < 4.78 is 5.17. The van der Waals surface area contributed by atoms with Crippen molar-refractivity contribution in [3.05, 3.63) is 28.5 Å². The van der Waals surface area contributed by atoms with Gasteiger partial charge in [-0.2, -0.15) is 0 Å². The Morgan fingerprint density at radius 3 is 2.48 bits per heavy atom. The van der Waals surface area contributed by atoms with E-state index in [4.69, 9.17) is 4.74 Å². The van der Waals surface area contributed by atoms with Crippen LogP contribution in [0.5, 0.6) is 0 Å². The Morgan fingerprint density at radius 2 is 1.89 bits per heavy atom. The number of carbonyl (C=O) groups is 3. The summed E-state index contributed by atoms with van der Waals surface area (Å²) in [7, 11) is 5.03. The number of hydrogen-bond donors (Lipinski definition) is 1. The maximum atomic E-state index is 12.4. The van der Waals surface area contributed by atoms with Crippen LogP contribution in [0.4, 0.5) is 5.00 Å². The lowest BCUT2D eigenvalue weighted by Crippen LogP contribution is -2.38. The fraction of sp³-hybridized carbons (Fsp3) is 0.389. The maximum absolute atomic E-state index is 12.4. The van der Waals surface area contributed by atoms with E-state index in [0.29, 0.717) is 10.6 Å². The predicted molar refractivity (Wildman–Crippen MR) is 108 cm³/mol. The van der Waals surface area contributed by atoms with Crippen molar-refractivity contribution in [3.8, 4) is 10.4 Å². The molecule has 0 bridgehead atoms. The first-order valence-electron chi connectivity index (χ1n) is 8.34. The summed E-state index contributed by atoms with van der Waals surface area (Å²) in [5.41, 5.74) is 1.12. The van der Waals surface area contributed by atoms with Crippen molar-refractivity contribution >= 4 is 45.5 Å². The maximum Gasteiger partial charge on any atom is 0.341 e. The monoisotopic (exact) mass is 409 g/mol. The minimum absolute atomic E-state index is 0.0358. The van der Waals surface area contributed by atoms with Crippen molar-refractivity contribution in [2.24, 2.45) is 0 Å². The lowest BCUT2D eigenvalue weighted by atomic mass is 10.1. The van der Waals surface area contributed by atoms with Gasteiger partial charge in [0.05, 0.1) is 19.7 Å². The third kappa shape index (κ3) is 5.62. The van der Waals surface area contributed by atoms with E-state index in [9.17, 15) is 14.4 Å². The molecule has 2 aromatic rings. The predicted octanol–water partition coefficient (Wildman–Crippen LogP) is 2.61. The molecular weight excluding hydrogens is 386 g/mol. The Kier molecular flexibility index (Phi) is 7.52. The van der Waals surface area contributed by atoms with Gasteiger partial charge in [-0.15, -0.1) is 22.7 Å². The molecule has 9 heteroatoms. The van der Waals surface area contributed by atoms with Crippen LogP contribution in [0.15, 0.2) is 22.9 Å². The first kappa shape index (κ1) is 21.1. The second kappa shape index (κ2) is 9.63. The molecule has 0 spiro atoms. The highest BCUT2D eigenvalue weighted by Gasteiger charge is 2.23. The molecule has 0 aliphatic heterocycles. The van der Waals surface area contributed by atoms with Gasteiger partial charge in [-0.05, 0) is 25.4 Å². The molecule has 0 atom stereocenters. The van der Waals surface area contributed by atoms with Gasteiger partial charge >= 0.3 is 5.97 Å². The number of hydrogen-bond acceptors (Lipinski definition) is 7. The molecule has 0 unspecified atom stereocenters. The molecule has 2 aromatic heterocycles. The van der Waals surface area contributed by atoms with Crippen LogP contribution in [0.1, 0.15) is 17.3 Å². The van der Waals surface area contributed by atoms with E-state index in [2.05, 4.69) is 5.32 Å². The number of ether oxygens (including phenoxy) is 1. The smallest absolute Gasteiger partial charge is 0.341 e. The Labute approximate surface area is 166 Å². The standard InChI is InChI=1S/C18H23N3O4S2/c1-5-25-18(24)16-12(13-7-6-8-26-13)11-27-17(16)19-14(22)9-21(4)10-15(23)20(2)3/h6-8,11H,5,9-10H2,1-4H3,(H,19,22). The molecule has 0 saturated carbocycles. The van der Waals surface area contributed by atoms with E-state index in [-0.39, 0.29) is 31.5 Å². The largest absolute Gasteiger partial charge is 0.462 e. The van der Waals surface area contributed by atoms with Crippen LogP contribution in [-0.2, 0) is 14.3 Å². The van der Waals surface area contributed by atoms with Crippen LogP contribution in [-0.4, -0.2) is 68.4 Å². The van der Waals surface area contributed by atoms with Gasteiger partial charge in [0.25, 0.3) is 0 Å². The minimum atomic E-state index is -0.464. The lowest BCUT2D eigenvalue weighted by Gasteiger charge is -2.18. The Morgan fingerprint density at radius 1 is 1.15 bits per heavy atom. The average molecular weight is 410 g/mol. The lowest BCUT2D eigenvalue weighted by molar-refractivity contribution is -0.130. The Balaban J connectivity index is 2.14. The van der Waals surface area contributed by atoms with E-state index in [1.165, 1.54) is 27.6 Å². The van der Waals surface area contributed by atoms with E-state index in [1.807, 2.05) is 22.9 Å². The van der Waals surface area contributed by atoms with Crippen LogP contribution in [0.25, 0.3) is 10.4 Å². The molecule has 0 aliphatic rings. The number of nitrogens with zero attached hydrogens (tertiary/aromatic N) is 2. The second-order valence-electron chi connectivity index (χ2n) is 6.06. The van der Waals surface area contributed by atoms with E-state index in [0.717, 1.165) is 10.4 Å². The molecule has 0 radical (unpaired) electrons. The molecule has 0 aromatic carbocycles. The summed E-state index contributed by atoms with van der Waals surface area (Å²) in [4.78, 5) is 40.6. The van der Waals surface area contributed by atoms with Gasteiger partial charge < -0.3 is 15.0 Å².